The lowest BCUT2D eigenvalue weighted by Crippen LogP contribution is -1.69. The molecule has 0 bridgehead atoms. The Morgan fingerprint density at radius 3 is 2.58 bits per heavy atom. The molecule has 0 aliphatic heterocycles. The Bertz CT molecular complexity index is 390. The van der Waals surface area contributed by atoms with E-state index < -0.39 is 0 Å². The first-order chi connectivity index (χ1) is 5.72. The highest BCUT2D eigenvalue weighted by Gasteiger charge is 2.09. The SMILES string of the molecule is Cc1c(F)c2ccccc2p1C. The molecule has 62 valence electrons. The van der Waals surface area contributed by atoms with Crippen LogP contribution in [-0.2, 0) is 6.66 Å². The van der Waals surface area contributed by atoms with Gasteiger partial charge in [-0.2, -0.15) is 0 Å². The molecule has 0 saturated heterocycles. The van der Waals surface area contributed by atoms with Gasteiger partial charge in [0.2, 0.25) is 0 Å². The van der Waals surface area contributed by atoms with E-state index in [1.165, 1.54) is 5.12 Å². The summed E-state index contributed by atoms with van der Waals surface area (Å²) < 4.78 is 13.5. The Morgan fingerprint density at radius 2 is 1.92 bits per heavy atom. The molecule has 0 aliphatic rings. The molecule has 0 saturated carbocycles. The van der Waals surface area contributed by atoms with Gasteiger partial charge in [-0.05, 0) is 13.6 Å². The smallest absolute Gasteiger partial charge is 0.138 e. The molecule has 1 atom stereocenters. The minimum Gasteiger partial charge on any atom is -0.206 e. The van der Waals surface area contributed by atoms with Crippen LogP contribution in [-0.4, -0.2) is 0 Å². The quantitative estimate of drug-likeness (QED) is 0.578. The summed E-state index contributed by atoms with van der Waals surface area (Å²) in [6.07, 6.45) is 0. The normalized spacial score (nSPS) is 12.4. The first kappa shape index (κ1) is 7.82. The molecule has 0 N–H and O–H groups in total. The van der Waals surface area contributed by atoms with Crippen molar-refractivity contribution in [2.45, 2.75) is 6.92 Å². The molecule has 0 fully saturated rings. The van der Waals surface area contributed by atoms with Gasteiger partial charge in [-0.25, -0.2) is 4.39 Å². The van der Waals surface area contributed by atoms with Crippen LogP contribution in [0.4, 0.5) is 4.39 Å². The van der Waals surface area contributed by atoms with Crippen LogP contribution in [0.2, 0.25) is 0 Å². The molecule has 0 nitrogen and oxygen atoms in total. The number of hydrogen-bond acceptors (Lipinski definition) is 0. The van der Waals surface area contributed by atoms with E-state index in [2.05, 4.69) is 6.66 Å². The second-order valence-electron chi connectivity index (χ2n) is 2.98. The zero-order valence-electron chi connectivity index (χ0n) is 7.13. The second-order valence-corrected chi connectivity index (χ2v) is 5.25. The van der Waals surface area contributed by atoms with Gasteiger partial charge in [0.05, 0.1) is 0 Å². The van der Waals surface area contributed by atoms with Crippen LogP contribution in [0, 0.1) is 12.7 Å². The van der Waals surface area contributed by atoms with Crippen LogP contribution < -0.4 is 0 Å². The third-order valence-electron chi connectivity index (χ3n) is 2.32. The lowest BCUT2D eigenvalue weighted by atomic mass is 10.2. The van der Waals surface area contributed by atoms with E-state index >= 15 is 0 Å². The third kappa shape index (κ3) is 0.899. The lowest BCUT2D eigenvalue weighted by molar-refractivity contribution is 0.636. The van der Waals surface area contributed by atoms with E-state index in [1.807, 2.05) is 31.2 Å². The van der Waals surface area contributed by atoms with Crippen molar-refractivity contribution in [1.29, 1.82) is 0 Å². The van der Waals surface area contributed by atoms with Crippen LogP contribution in [0.25, 0.3) is 10.5 Å². The van der Waals surface area contributed by atoms with Gasteiger partial charge >= 0.3 is 0 Å². The van der Waals surface area contributed by atoms with Crippen LogP contribution in [0.5, 0.6) is 0 Å². The van der Waals surface area contributed by atoms with Crippen LogP contribution >= 0.6 is 7.53 Å². The molecular formula is C10H10FP. The average Bonchev–Trinajstić information content (AvgIpc) is 2.33. The highest BCUT2D eigenvalue weighted by Crippen LogP contribution is 2.42. The van der Waals surface area contributed by atoms with Gasteiger partial charge in [-0.15, -0.1) is 7.53 Å². The molecule has 1 unspecified atom stereocenters. The van der Waals surface area contributed by atoms with E-state index in [0.29, 0.717) is 0 Å². The largest absolute Gasteiger partial charge is 0.206 e. The molecular weight excluding hydrogens is 170 g/mol. The molecule has 0 amide bonds. The maximum Gasteiger partial charge on any atom is 0.138 e. The molecule has 1 aromatic heterocycles. The number of hydrogen-bond donors (Lipinski definition) is 0. The topological polar surface area (TPSA) is 0 Å². The van der Waals surface area contributed by atoms with Gasteiger partial charge < -0.3 is 0 Å². The minimum absolute atomic E-state index is 0.000730. The Kier molecular flexibility index (Phi) is 1.69. The van der Waals surface area contributed by atoms with Crippen molar-refractivity contribution in [2.24, 2.45) is 6.66 Å². The van der Waals surface area contributed by atoms with Crippen LogP contribution in [0.1, 0.15) is 5.30 Å². The van der Waals surface area contributed by atoms with Crippen molar-refractivity contribution in [2.75, 3.05) is 0 Å². The lowest BCUT2D eigenvalue weighted by Gasteiger charge is -1.90. The zero-order valence-corrected chi connectivity index (χ0v) is 8.03. The molecule has 12 heavy (non-hydrogen) atoms. The average molecular weight is 180 g/mol. The van der Waals surface area contributed by atoms with Crippen molar-refractivity contribution in [1.82, 2.24) is 0 Å². The first-order valence-electron chi connectivity index (χ1n) is 3.91. The molecule has 1 heterocycles. The Balaban J connectivity index is 2.99. The maximum absolute atomic E-state index is 13.5. The van der Waals surface area contributed by atoms with Crippen molar-refractivity contribution >= 4 is 18.0 Å². The van der Waals surface area contributed by atoms with Crippen molar-refractivity contribution < 1.29 is 4.39 Å². The maximum atomic E-state index is 13.5. The van der Waals surface area contributed by atoms with E-state index in [-0.39, 0.29) is 13.4 Å². The van der Waals surface area contributed by atoms with Gasteiger partial charge in [0, 0.05) is 15.8 Å². The Morgan fingerprint density at radius 1 is 1.25 bits per heavy atom. The van der Waals surface area contributed by atoms with Gasteiger partial charge in [0.25, 0.3) is 0 Å². The molecule has 2 aromatic rings. The molecule has 2 heteroatoms. The molecule has 0 spiro atoms. The first-order valence-corrected chi connectivity index (χ1v) is 5.70. The minimum atomic E-state index is -0.377. The monoisotopic (exact) mass is 180 g/mol. The van der Waals surface area contributed by atoms with E-state index in [0.717, 1.165) is 10.7 Å². The Labute approximate surface area is 72.1 Å². The molecule has 0 aliphatic carbocycles. The van der Waals surface area contributed by atoms with E-state index in [4.69, 9.17) is 0 Å². The predicted molar refractivity (Wildman–Crippen MR) is 52.3 cm³/mol. The number of benzene rings is 1. The van der Waals surface area contributed by atoms with Gasteiger partial charge in [-0.3, -0.25) is 0 Å². The number of halogens is 1. The number of rotatable bonds is 0. The van der Waals surface area contributed by atoms with Crippen LogP contribution in [0.3, 0.4) is 0 Å². The van der Waals surface area contributed by atoms with Crippen molar-refractivity contribution in [3.05, 3.63) is 35.4 Å². The summed E-state index contributed by atoms with van der Waals surface area (Å²) in [6, 6.07) is 7.75. The zero-order chi connectivity index (χ0) is 8.72. The predicted octanol–water partition coefficient (Wildman–Crippen LogP) is 3.81. The van der Waals surface area contributed by atoms with E-state index in [1.54, 1.807) is 0 Å². The van der Waals surface area contributed by atoms with Crippen LogP contribution in [0.15, 0.2) is 24.3 Å². The summed E-state index contributed by atoms with van der Waals surface area (Å²) in [4.78, 5) is 0. The van der Waals surface area contributed by atoms with Gasteiger partial charge in [-0.1, -0.05) is 24.3 Å². The second kappa shape index (κ2) is 2.60. The number of fused-ring (bicyclic) bond motifs is 1. The van der Waals surface area contributed by atoms with Gasteiger partial charge in [0.1, 0.15) is 5.82 Å². The fourth-order valence-corrected chi connectivity index (χ4v) is 3.09. The molecule has 1 aromatic carbocycles. The summed E-state index contributed by atoms with van der Waals surface area (Å²) in [5, 5.41) is 2.91. The number of aryl methyl sites for hydroxylation is 1. The molecule has 0 radical (unpaired) electrons. The summed E-state index contributed by atoms with van der Waals surface area (Å²) in [7, 11) is -0.377. The summed E-state index contributed by atoms with van der Waals surface area (Å²) in [6.45, 7) is 4.00. The molecule has 2 rings (SSSR count). The standard InChI is InChI=1S/C10H10FP/c1-7-10(11)8-5-3-4-6-9(8)12(7)2/h3-6H,1-2H3. The van der Waals surface area contributed by atoms with Gasteiger partial charge in [0.15, 0.2) is 0 Å². The summed E-state index contributed by atoms with van der Waals surface area (Å²) in [5.41, 5.74) is 0. The highest BCUT2D eigenvalue weighted by atomic mass is 31.1. The highest BCUT2D eigenvalue weighted by molar-refractivity contribution is 7.54. The summed E-state index contributed by atoms with van der Waals surface area (Å²) >= 11 is 0. The van der Waals surface area contributed by atoms with E-state index in [9.17, 15) is 4.39 Å². The van der Waals surface area contributed by atoms with Crippen molar-refractivity contribution in [3.8, 4) is 0 Å². The Hall–Kier alpha value is -0.810. The fourth-order valence-electron chi connectivity index (χ4n) is 1.47. The fraction of sp³-hybridized carbons (Fsp3) is 0.200. The van der Waals surface area contributed by atoms with Crippen molar-refractivity contribution in [3.63, 3.8) is 0 Å². The summed E-state index contributed by atoms with van der Waals surface area (Å²) in [5.74, 6) is -0.000730. The third-order valence-corrected chi connectivity index (χ3v) is 4.64.